The summed E-state index contributed by atoms with van der Waals surface area (Å²) in [6, 6.07) is 0. The Hall–Kier alpha value is -0.440. The van der Waals surface area contributed by atoms with Crippen LogP contribution in [0.3, 0.4) is 0 Å². The largest absolute Gasteiger partial charge is 0.351 e. The lowest BCUT2D eigenvalue weighted by atomic mass is 10.2. The van der Waals surface area contributed by atoms with E-state index < -0.39 is 0 Å². The Balaban J connectivity index is 0.00000192. The highest BCUT2D eigenvalue weighted by molar-refractivity contribution is 14.0. The Morgan fingerprint density at radius 1 is 1.43 bits per heavy atom. The number of aliphatic imine (C=N–C) groups is 1. The van der Waals surface area contributed by atoms with Crippen LogP contribution < -0.4 is 5.32 Å². The van der Waals surface area contributed by atoms with Crippen molar-refractivity contribution in [1.29, 1.82) is 0 Å². The Morgan fingerprint density at radius 2 is 2.30 bits per heavy atom. The van der Waals surface area contributed by atoms with Crippen LogP contribution in [0.5, 0.6) is 0 Å². The number of rotatable bonds is 3. The molecule has 1 N–H and O–H groups in total. The number of thioether (sulfide) groups is 1. The van der Waals surface area contributed by atoms with Crippen molar-refractivity contribution in [2.24, 2.45) is 4.99 Å². The minimum Gasteiger partial charge on any atom is -0.351 e. The number of nitrogens with zero attached hydrogens (tertiary/aromatic N) is 4. The van der Waals surface area contributed by atoms with Crippen molar-refractivity contribution in [2.75, 3.05) is 25.9 Å². The van der Waals surface area contributed by atoms with Gasteiger partial charge in [0.15, 0.2) is 5.96 Å². The first-order chi connectivity index (χ1) is 10.8. The first kappa shape index (κ1) is 18.9. The third kappa shape index (κ3) is 4.78. The second-order valence-electron chi connectivity index (χ2n) is 6.05. The van der Waals surface area contributed by atoms with E-state index in [1.807, 2.05) is 7.05 Å². The van der Waals surface area contributed by atoms with Gasteiger partial charge in [0.25, 0.3) is 0 Å². The van der Waals surface area contributed by atoms with Crippen LogP contribution >= 0.6 is 35.7 Å². The highest BCUT2D eigenvalue weighted by Crippen LogP contribution is 2.21. The molecule has 1 aromatic rings. The van der Waals surface area contributed by atoms with Crippen LogP contribution in [0.4, 0.5) is 0 Å². The van der Waals surface area contributed by atoms with Gasteiger partial charge in [-0.25, -0.2) is 4.98 Å². The second-order valence-corrected chi connectivity index (χ2v) is 7.46. The van der Waals surface area contributed by atoms with Gasteiger partial charge in [-0.15, -0.1) is 24.0 Å². The van der Waals surface area contributed by atoms with Crippen molar-refractivity contribution < 1.29 is 0 Å². The van der Waals surface area contributed by atoms with Crippen molar-refractivity contribution in [3.63, 3.8) is 0 Å². The summed E-state index contributed by atoms with van der Waals surface area (Å²) in [7, 11) is 1.88. The third-order valence-electron chi connectivity index (χ3n) is 4.49. The number of aryl methyl sites for hydroxylation is 2. The molecule has 1 atom stereocenters. The fourth-order valence-corrected chi connectivity index (χ4v) is 4.40. The number of hydrogen-bond donors (Lipinski definition) is 1. The molecule has 0 saturated carbocycles. The smallest absolute Gasteiger partial charge is 0.194 e. The van der Waals surface area contributed by atoms with Crippen LogP contribution in [0.1, 0.15) is 37.7 Å². The van der Waals surface area contributed by atoms with Gasteiger partial charge < -0.3 is 14.8 Å². The van der Waals surface area contributed by atoms with E-state index in [9.17, 15) is 0 Å². The Kier molecular flexibility index (Phi) is 7.52. The summed E-state index contributed by atoms with van der Waals surface area (Å²) in [4.78, 5) is 11.6. The summed E-state index contributed by atoms with van der Waals surface area (Å²) in [6.45, 7) is 6.35. The van der Waals surface area contributed by atoms with Crippen LogP contribution in [0.15, 0.2) is 11.2 Å². The van der Waals surface area contributed by atoms with Gasteiger partial charge in [0, 0.05) is 50.3 Å². The minimum atomic E-state index is 0. The van der Waals surface area contributed by atoms with E-state index in [-0.39, 0.29) is 24.0 Å². The van der Waals surface area contributed by atoms with E-state index in [0.29, 0.717) is 0 Å². The average Bonchev–Trinajstić information content (AvgIpc) is 2.98. The molecular formula is C16H28IN5S. The maximum atomic E-state index is 4.76. The number of imidazole rings is 1. The zero-order valence-electron chi connectivity index (χ0n) is 14.1. The van der Waals surface area contributed by atoms with Gasteiger partial charge in [-0.1, -0.05) is 6.92 Å². The van der Waals surface area contributed by atoms with E-state index in [1.54, 1.807) is 0 Å². The minimum absolute atomic E-state index is 0. The van der Waals surface area contributed by atoms with Gasteiger partial charge in [0.05, 0.1) is 12.2 Å². The van der Waals surface area contributed by atoms with Gasteiger partial charge in [0.1, 0.15) is 5.82 Å². The zero-order chi connectivity index (χ0) is 15.4. The normalized spacial score (nSPS) is 21.6. The molecule has 0 aliphatic carbocycles. The third-order valence-corrected chi connectivity index (χ3v) is 5.86. The molecule has 0 radical (unpaired) electrons. The molecule has 2 aliphatic heterocycles. The fourth-order valence-electron chi connectivity index (χ4n) is 3.22. The topological polar surface area (TPSA) is 45.5 Å². The van der Waals surface area contributed by atoms with Crippen molar-refractivity contribution in [3.8, 4) is 0 Å². The lowest BCUT2D eigenvalue weighted by Gasteiger charge is -2.34. The van der Waals surface area contributed by atoms with Gasteiger partial charge in [-0.2, -0.15) is 11.8 Å². The molecule has 5 nitrogen and oxygen atoms in total. The molecule has 0 amide bonds. The molecule has 3 heterocycles. The fraction of sp³-hybridized carbons (Fsp3) is 0.750. The van der Waals surface area contributed by atoms with Crippen LogP contribution in [-0.2, 0) is 19.5 Å². The molecule has 0 bridgehead atoms. The Morgan fingerprint density at radius 3 is 3.04 bits per heavy atom. The van der Waals surface area contributed by atoms with Crippen molar-refractivity contribution in [1.82, 2.24) is 19.8 Å². The summed E-state index contributed by atoms with van der Waals surface area (Å²) in [6.07, 6.45) is 7.11. The maximum Gasteiger partial charge on any atom is 0.194 e. The van der Waals surface area contributed by atoms with Crippen LogP contribution in [0.25, 0.3) is 0 Å². The SMILES string of the molecule is CCC1CN(C(=NC)NCc2cn3c(n2)CCCC3)CCS1.I. The number of guanidine groups is 1. The van der Waals surface area contributed by atoms with E-state index >= 15 is 0 Å². The first-order valence-electron chi connectivity index (χ1n) is 8.42. The van der Waals surface area contributed by atoms with Crippen LogP contribution in [0, 0.1) is 0 Å². The van der Waals surface area contributed by atoms with Crippen molar-refractivity contribution >= 4 is 41.7 Å². The molecule has 0 spiro atoms. The molecule has 1 fully saturated rings. The van der Waals surface area contributed by atoms with Gasteiger partial charge >= 0.3 is 0 Å². The van der Waals surface area contributed by atoms with E-state index in [0.717, 1.165) is 49.5 Å². The Bertz CT molecular complexity index is 507. The van der Waals surface area contributed by atoms with Crippen molar-refractivity contribution in [2.45, 2.75) is 50.9 Å². The van der Waals surface area contributed by atoms with Crippen molar-refractivity contribution in [3.05, 3.63) is 17.7 Å². The average molecular weight is 449 g/mol. The molecule has 1 aromatic heterocycles. The maximum absolute atomic E-state index is 4.76. The van der Waals surface area contributed by atoms with E-state index in [2.05, 4.69) is 44.7 Å². The van der Waals surface area contributed by atoms with Crippen LogP contribution in [-0.4, -0.2) is 51.6 Å². The lowest BCUT2D eigenvalue weighted by molar-refractivity contribution is 0.408. The zero-order valence-corrected chi connectivity index (χ0v) is 17.3. The number of aromatic nitrogens is 2. The van der Waals surface area contributed by atoms with Gasteiger partial charge in [-0.3, -0.25) is 4.99 Å². The van der Waals surface area contributed by atoms with E-state index in [1.165, 1.54) is 30.8 Å². The highest BCUT2D eigenvalue weighted by atomic mass is 127. The summed E-state index contributed by atoms with van der Waals surface area (Å²) < 4.78 is 2.31. The monoisotopic (exact) mass is 449 g/mol. The summed E-state index contributed by atoms with van der Waals surface area (Å²) in [5.41, 5.74) is 1.14. The summed E-state index contributed by atoms with van der Waals surface area (Å²) >= 11 is 2.09. The summed E-state index contributed by atoms with van der Waals surface area (Å²) in [5.74, 6) is 3.46. The molecular weight excluding hydrogens is 421 g/mol. The molecule has 7 heteroatoms. The highest BCUT2D eigenvalue weighted by Gasteiger charge is 2.21. The summed E-state index contributed by atoms with van der Waals surface area (Å²) in [5, 5.41) is 4.23. The molecule has 23 heavy (non-hydrogen) atoms. The number of hydrogen-bond acceptors (Lipinski definition) is 3. The predicted octanol–water partition coefficient (Wildman–Crippen LogP) is 2.74. The first-order valence-corrected chi connectivity index (χ1v) is 9.47. The molecule has 130 valence electrons. The quantitative estimate of drug-likeness (QED) is 0.438. The standard InChI is InChI=1S/C16H27N5S.HI/c1-3-14-12-21(8-9-22-14)16(17-2)18-10-13-11-20-7-5-4-6-15(20)19-13;/h11,14H,3-10,12H2,1-2H3,(H,17,18);1H. The molecule has 3 rings (SSSR count). The Labute approximate surface area is 160 Å². The number of nitrogens with one attached hydrogen (secondary N) is 1. The van der Waals surface area contributed by atoms with Gasteiger partial charge in [0.2, 0.25) is 0 Å². The lowest BCUT2D eigenvalue weighted by Crippen LogP contribution is -2.47. The molecule has 2 aliphatic rings. The van der Waals surface area contributed by atoms with Gasteiger partial charge in [-0.05, 0) is 19.3 Å². The molecule has 1 saturated heterocycles. The van der Waals surface area contributed by atoms with Crippen LogP contribution in [0.2, 0.25) is 0 Å². The second kappa shape index (κ2) is 9.15. The predicted molar refractivity (Wildman–Crippen MR) is 109 cm³/mol. The molecule has 0 aromatic carbocycles. The number of fused-ring (bicyclic) bond motifs is 1. The van der Waals surface area contributed by atoms with E-state index in [4.69, 9.17) is 4.98 Å². The number of halogens is 1. The molecule has 1 unspecified atom stereocenters.